The van der Waals surface area contributed by atoms with Gasteiger partial charge >= 0.3 is 0 Å². The summed E-state index contributed by atoms with van der Waals surface area (Å²) in [5.74, 6) is 6.22. The van der Waals surface area contributed by atoms with Gasteiger partial charge in [0.25, 0.3) is 13.4 Å². The lowest BCUT2D eigenvalue weighted by Crippen LogP contribution is -2.61. The maximum Gasteiger partial charge on any atom is 0.253 e. The van der Waals surface area contributed by atoms with Crippen molar-refractivity contribution in [1.29, 1.82) is 0 Å². The van der Waals surface area contributed by atoms with Gasteiger partial charge in [-0.25, -0.2) is 0 Å². The molecule has 8 heteroatoms. The molecule has 0 fully saturated rings. The van der Waals surface area contributed by atoms with Crippen LogP contribution in [0.25, 0.3) is 21.5 Å². The SMILES string of the molecule is c1ccc(Oc2cc3c4c(c2)Sc2cc5ccccc5cc2B4c2cc4c(cc2O3)Oc2cc(Oc3ccccc3)cc3c2B4c2cc4ccccc4cc2S3)cc1. The van der Waals surface area contributed by atoms with Gasteiger partial charge in [0, 0.05) is 37.8 Å². The summed E-state index contributed by atoms with van der Waals surface area (Å²) in [6, 6.07) is 59.6. The molecule has 0 atom stereocenters. The average Bonchev–Trinajstić information content (AvgIpc) is 3.25. The van der Waals surface area contributed by atoms with E-state index >= 15 is 0 Å². The van der Waals surface area contributed by atoms with Crippen LogP contribution in [0.15, 0.2) is 189 Å². The Labute approximate surface area is 343 Å². The molecule has 13 rings (SSSR count). The van der Waals surface area contributed by atoms with Gasteiger partial charge in [-0.3, -0.25) is 0 Å². The molecule has 0 bridgehead atoms. The van der Waals surface area contributed by atoms with Crippen LogP contribution in [-0.4, -0.2) is 13.4 Å². The number of fused-ring (bicyclic) bond motifs is 10. The minimum Gasteiger partial charge on any atom is -0.458 e. The number of para-hydroxylation sites is 2. The molecular weight excluding hydrogens is 750 g/mol. The Morgan fingerprint density at radius 2 is 0.741 bits per heavy atom. The first-order valence-electron chi connectivity index (χ1n) is 19.4. The molecule has 4 aliphatic heterocycles. The van der Waals surface area contributed by atoms with Gasteiger partial charge in [0.1, 0.15) is 46.0 Å². The van der Waals surface area contributed by atoms with Crippen molar-refractivity contribution in [3.8, 4) is 46.0 Å². The Bertz CT molecular complexity index is 3000. The Hall–Kier alpha value is -6.47. The van der Waals surface area contributed by atoms with Gasteiger partial charge in [0.2, 0.25) is 0 Å². The summed E-state index contributed by atoms with van der Waals surface area (Å²) in [7, 11) is 0. The van der Waals surface area contributed by atoms with Crippen LogP contribution in [0.2, 0.25) is 0 Å². The lowest BCUT2D eigenvalue weighted by Gasteiger charge is -2.37. The molecule has 0 saturated carbocycles. The highest BCUT2D eigenvalue weighted by atomic mass is 32.2. The third kappa shape index (κ3) is 5.08. The van der Waals surface area contributed by atoms with E-state index in [1.807, 2.05) is 72.8 Å². The standard InChI is InChI=1S/C50H28B2O4S2/c1-3-15-33(16-4-1)53-35-23-43-49-47(25-35)57-45-21-31-13-9-7-11-29(31)19-39(45)51(49)37-27-38-42(28-41(37)55-43)56-44-24-36(54-34-17-5-2-6-18-34)26-48-50(44)52(38)40-20-30-12-8-10-14-32(30)22-46(40)58-48/h1-28H. The maximum absolute atomic E-state index is 6.99. The number of benzene rings is 9. The number of rotatable bonds is 4. The molecule has 0 aliphatic carbocycles. The Kier molecular flexibility index (Phi) is 7.03. The Morgan fingerprint density at radius 1 is 0.328 bits per heavy atom. The van der Waals surface area contributed by atoms with Crippen molar-refractivity contribution < 1.29 is 18.9 Å². The van der Waals surface area contributed by atoms with Gasteiger partial charge in [-0.1, -0.05) is 138 Å². The molecule has 9 aromatic carbocycles. The van der Waals surface area contributed by atoms with E-state index in [4.69, 9.17) is 18.9 Å². The third-order valence-corrected chi connectivity index (χ3v) is 14.0. The van der Waals surface area contributed by atoms with E-state index in [1.54, 1.807) is 23.5 Å². The van der Waals surface area contributed by atoms with E-state index in [0.717, 1.165) is 66.7 Å². The molecule has 4 aliphatic rings. The number of hydrogen-bond donors (Lipinski definition) is 0. The van der Waals surface area contributed by atoms with Gasteiger partial charge in [-0.2, -0.15) is 0 Å². The number of hydrogen-bond acceptors (Lipinski definition) is 6. The van der Waals surface area contributed by atoms with Gasteiger partial charge in [-0.15, -0.1) is 0 Å². The second kappa shape index (κ2) is 12.5. The van der Waals surface area contributed by atoms with Crippen molar-refractivity contribution in [2.75, 3.05) is 0 Å². The normalized spacial score (nSPS) is 13.6. The largest absolute Gasteiger partial charge is 0.458 e. The molecule has 0 radical (unpaired) electrons. The van der Waals surface area contributed by atoms with Crippen molar-refractivity contribution in [2.45, 2.75) is 19.6 Å². The fraction of sp³-hybridized carbons (Fsp3) is 0. The van der Waals surface area contributed by atoms with Crippen LogP contribution in [0.5, 0.6) is 46.0 Å². The maximum atomic E-state index is 6.99. The van der Waals surface area contributed by atoms with Crippen LogP contribution in [0.3, 0.4) is 0 Å². The van der Waals surface area contributed by atoms with Gasteiger partial charge < -0.3 is 18.9 Å². The van der Waals surface area contributed by atoms with Crippen LogP contribution in [0.4, 0.5) is 0 Å². The zero-order valence-corrected chi connectivity index (χ0v) is 32.4. The molecular formula is C50H28B2O4S2. The topological polar surface area (TPSA) is 36.9 Å². The fourth-order valence-electron chi connectivity index (χ4n) is 9.18. The summed E-state index contributed by atoms with van der Waals surface area (Å²) in [6.45, 7) is -0.107. The molecule has 9 aromatic rings. The third-order valence-electron chi connectivity index (χ3n) is 11.7. The van der Waals surface area contributed by atoms with Crippen molar-refractivity contribution in [2.24, 2.45) is 0 Å². The fourth-order valence-corrected chi connectivity index (χ4v) is 11.6. The van der Waals surface area contributed by atoms with Gasteiger partial charge in [0.05, 0.1) is 0 Å². The van der Waals surface area contributed by atoms with Crippen LogP contribution in [-0.2, 0) is 0 Å². The van der Waals surface area contributed by atoms with Crippen LogP contribution in [0.1, 0.15) is 0 Å². The average molecular weight is 779 g/mol. The molecule has 0 amide bonds. The predicted molar refractivity (Wildman–Crippen MR) is 238 cm³/mol. The van der Waals surface area contributed by atoms with Crippen LogP contribution < -0.4 is 51.7 Å². The highest BCUT2D eigenvalue weighted by Gasteiger charge is 2.45. The smallest absolute Gasteiger partial charge is 0.253 e. The molecule has 0 aromatic heterocycles. The van der Waals surface area contributed by atoms with Crippen molar-refractivity contribution in [3.05, 3.63) is 170 Å². The molecule has 0 unspecified atom stereocenters. The second-order valence-electron chi connectivity index (χ2n) is 15.2. The highest BCUT2D eigenvalue weighted by Crippen LogP contribution is 2.45. The first kappa shape index (κ1) is 32.6. The molecule has 270 valence electrons. The summed E-state index contributed by atoms with van der Waals surface area (Å²) < 4.78 is 26.9. The van der Waals surface area contributed by atoms with E-state index in [-0.39, 0.29) is 13.4 Å². The van der Waals surface area contributed by atoms with Crippen LogP contribution in [0, 0.1) is 0 Å². The molecule has 4 nitrogen and oxygen atoms in total. The predicted octanol–water partition coefficient (Wildman–Crippen LogP) is 9.75. The minimum atomic E-state index is -0.0535. The molecule has 58 heavy (non-hydrogen) atoms. The summed E-state index contributed by atoms with van der Waals surface area (Å²) in [5, 5.41) is 4.90. The zero-order valence-electron chi connectivity index (χ0n) is 30.8. The van der Waals surface area contributed by atoms with E-state index in [9.17, 15) is 0 Å². The lowest BCUT2D eigenvalue weighted by atomic mass is 9.32. The monoisotopic (exact) mass is 778 g/mol. The minimum absolute atomic E-state index is 0.0535. The van der Waals surface area contributed by atoms with Gasteiger partial charge in [-0.05, 0) is 91.9 Å². The second-order valence-corrected chi connectivity index (χ2v) is 17.3. The zero-order chi connectivity index (χ0) is 37.9. The summed E-state index contributed by atoms with van der Waals surface area (Å²) >= 11 is 3.59. The van der Waals surface area contributed by atoms with Crippen LogP contribution >= 0.6 is 23.5 Å². The van der Waals surface area contributed by atoms with E-state index in [0.29, 0.717) is 0 Å². The van der Waals surface area contributed by atoms with E-state index in [2.05, 4.69) is 97.1 Å². The number of ether oxygens (including phenoxy) is 4. The van der Waals surface area contributed by atoms with Crippen molar-refractivity contribution in [3.63, 3.8) is 0 Å². The lowest BCUT2D eigenvalue weighted by molar-refractivity contribution is 0.449. The Balaban J connectivity index is 1.02. The first-order valence-corrected chi connectivity index (χ1v) is 21.1. The molecule has 0 spiro atoms. The van der Waals surface area contributed by atoms with E-state index in [1.165, 1.54) is 53.2 Å². The summed E-state index contributed by atoms with van der Waals surface area (Å²) in [4.78, 5) is 4.76. The van der Waals surface area contributed by atoms with Crippen molar-refractivity contribution >= 4 is 91.3 Å². The van der Waals surface area contributed by atoms with E-state index < -0.39 is 0 Å². The van der Waals surface area contributed by atoms with Crippen molar-refractivity contribution in [1.82, 2.24) is 0 Å². The molecule has 4 heterocycles. The Morgan fingerprint density at radius 3 is 1.19 bits per heavy atom. The summed E-state index contributed by atoms with van der Waals surface area (Å²) in [6.07, 6.45) is 0. The quantitative estimate of drug-likeness (QED) is 0.166. The molecule has 0 saturated heterocycles. The van der Waals surface area contributed by atoms with Gasteiger partial charge in [0.15, 0.2) is 0 Å². The summed E-state index contributed by atoms with van der Waals surface area (Å²) in [5.41, 5.74) is 7.19. The molecule has 0 N–H and O–H groups in total. The first-order chi connectivity index (χ1) is 28.7. The highest BCUT2D eigenvalue weighted by molar-refractivity contribution is 8.00.